The van der Waals surface area contributed by atoms with Crippen molar-refractivity contribution in [3.63, 3.8) is 0 Å². The van der Waals surface area contributed by atoms with Crippen LogP contribution in [0.2, 0.25) is 0 Å². The van der Waals surface area contributed by atoms with Crippen LogP contribution < -0.4 is 19.1 Å². The lowest BCUT2D eigenvalue weighted by Gasteiger charge is -2.24. The van der Waals surface area contributed by atoms with Crippen LogP contribution in [-0.2, 0) is 16.2 Å². The summed E-state index contributed by atoms with van der Waals surface area (Å²) in [5.74, 6) is -0.771. The number of aliphatic hydroxyl groups excluding tert-OH is 1. The summed E-state index contributed by atoms with van der Waals surface area (Å²) in [5.41, 5.74) is 2.15. The molecule has 0 radical (unpaired) electrons. The van der Waals surface area contributed by atoms with E-state index in [0.717, 1.165) is 23.3 Å². The van der Waals surface area contributed by atoms with E-state index in [1.165, 1.54) is 11.8 Å². The first-order valence-electron chi connectivity index (χ1n) is 14.7. The summed E-state index contributed by atoms with van der Waals surface area (Å²) in [5, 5.41) is 11.7. The smallest absolute Gasteiger partial charge is 0.301 e. The second kappa shape index (κ2) is 13.8. The van der Waals surface area contributed by atoms with Crippen LogP contribution in [0.15, 0.2) is 78.4 Å². The Kier molecular flexibility index (Phi) is 9.63. The third-order valence-electron chi connectivity index (χ3n) is 7.18. The van der Waals surface area contributed by atoms with Crippen LogP contribution in [0.25, 0.3) is 5.76 Å². The number of aromatic nitrogens is 1. The fourth-order valence-electron chi connectivity index (χ4n) is 5.06. The molecule has 10 heteroatoms. The van der Waals surface area contributed by atoms with Crippen LogP contribution >= 0.6 is 11.3 Å². The standard InChI is InChI=1S/C35H34N2O7S/c1-5-18-43-26-15-12-24(13-16-26)31(39)29-30(37(34(41)32(29)40)35-36-21(3)33(45-35)22(4)38)25-14-17-27(28(19-25)42-6-2)44-20-23-10-8-7-9-11-23/h7-17,19,30,39H,5-6,18,20H2,1-4H3. The van der Waals surface area contributed by atoms with Crippen LogP contribution in [0.1, 0.15) is 65.3 Å². The molecule has 1 atom stereocenters. The third kappa shape index (κ3) is 6.61. The molecule has 0 bridgehead atoms. The number of hydrogen-bond acceptors (Lipinski definition) is 9. The van der Waals surface area contributed by atoms with Gasteiger partial charge in [0.25, 0.3) is 5.78 Å². The molecular formula is C35H34N2O7S. The zero-order valence-corrected chi connectivity index (χ0v) is 26.3. The lowest BCUT2D eigenvalue weighted by atomic mass is 9.95. The van der Waals surface area contributed by atoms with E-state index in [-0.39, 0.29) is 22.2 Å². The van der Waals surface area contributed by atoms with Crippen molar-refractivity contribution >= 4 is 39.7 Å². The summed E-state index contributed by atoms with van der Waals surface area (Å²) in [7, 11) is 0. The van der Waals surface area contributed by atoms with Gasteiger partial charge in [0.05, 0.1) is 35.4 Å². The van der Waals surface area contributed by atoms with Crippen molar-refractivity contribution in [3.05, 3.63) is 106 Å². The quantitative estimate of drug-likeness (QED) is 0.0770. The van der Waals surface area contributed by atoms with Crippen molar-refractivity contribution in [2.75, 3.05) is 18.1 Å². The molecule has 0 saturated carbocycles. The van der Waals surface area contributed by atoms with E-state index in [9.17, 15) is 19.5 Å². The number of amides is 1. The Morgan fingerprint density at radius 3 is 2.33 bits per heavy atom. The van der Waals surface area contributed by atoms with Gasteiger partial charge in [-0.3, -0.25) is 19.3 Å². The minimum Gasteiger partial charge on any atom is -0.507 e. The molecule has 0 aliphatic carbocycles. The van der Waals surface area contributed by atoms with Crippen LogP contribution in [0.5, 0.6) is 17.2 Å². The normalized spacial score (nSPS) is 15.7. The molecule has 1 fully saturated rings. The predicted molar refractivity (Wildman–Crippen MR) is 172 cm³/mol. The van der Waals surface area contributed by atoms with Crippen molar-refractivity contribution in [2.45, 2.75) is 46.8 Å². The van der Waals surface area contributed by atoms with E-state index in [1.54, 1.807) is 49.4 Å². The molecule has 45 heavy (non-hydrogen) atoms. The minimum atomic E-state index is -1.06. The Hall–Kier alpha value is -4.96. The van der Waals surface area contributed by atoms with Crippen molar-refractivity contribution in [2.24, 2.45) is 0 Å². The molecule has 1 aliphatic rings. The Morgan fingerprint density at radius 1 is 0.956 bits per heavy atom. The van der Waals surface area contributed by atoms with E-state index < -0.39 is 17.7 Å². The number of anilines is 1. The Balaban J connectivity index is 1.62. The number of carbonyl (C=O) groups is 3. The number of carbonyl (C=O) groups excluding carboxylic acids is 3. The van der Waals surface area contributed by atoms with E-state index >= 15 is 0 Å². The molecule has 1 N–H and O–H groups in total. The SMILES string of the molecule is CCCOc1ccc(C(O)=C2C(=O)C(=O)N(c3nc(C)c(C(C)=O)s3)C2c2ccc(OCc3ccccc3)c(OCC)c2)cc1. The predicted octanol–water partition coefficient (Wildman–Crippen LogP) is 7.05. The van der Waals surface area contributed by atoms with Crippen molar-refractivity contribution in [1.29, 1.82) is 0 Å². The average Bonchev–Trinajstić information content (AvgIpc) is 3.56. The minimum absolute atomic E-state index is 0.111. The number of hydrogen-bond donors (Lipinski definition) is 1. The lowest BCUT2D eigenvalue weighted by molar-refractivity contribution is -0.132. The van der Waals surface area contributed by atoms with E-state index in [2.05, 4.69) is 4.98 Å². The van der Waals surface area contributed by atoms with Gasteiger partial charge in [-0.2, -0.15) is 0 Å². The molecule has 1 saturated heterocycles. The number of benzene rings is 3. The van der Waals surface area contributed by atoms with Gasteiger partial charge in [-0.1, -0.05) is 54.7 Å². The first-order chi connectivity index (χ1) is 21.7. The number of ketones is 2. The highest BCUT2D eigenvalue weighted by atomic mass is 32.1. The molecule has 3 aromatic carbocycles. The van der Waals surface area contributed by atoms with Crippen LogP contribution in [0, 0.1) is 6.92 Å². The maximum Gasteiger partial charge on any atom is 0.301 e. The van der Waals surface area contributed by atoms with E-state index in [0.29, 0.717) is 58.8 Å². The molecule has 0 spiro atoms. The molecule has 1 aliphatic heterocycles. The Bertz CT molecular complexity index is 1750. The molecule has 4 aromatic rings. The zero-order chi connectivity index (χ0) is 32.1. The van der Waals surface area contributed by atoms with Gasteiger partial charge >= 0.3 is 5.91 Å². The summed E-state index contributed by atoms with van der Waals surface area (Å²) >= 11 is 1.03. The largest absolute Gasteiger partial charge is 0.507 e. The average molecular weight is 627 g/mol. The zero-order valence-electron chi connectivity index (χ0n) is 25.5. The monoisotopic (exact) mass is 626 g/mol. The number of ether oxygens (including phenoxy) is 3. The summed E-state index contributed by atoms with van der Waals surface area (Å²) in [6, 6.07) is 20.5. The Morgan fingerprint density at radius 2 is 1.69 bits per heavy atom. The molecular weight excluding hydrogens is 592 g/mol. The highest BCUT2D eigenvalue weighted by molar-refractivity contribution is 7.18. The molecule has 1 unspecified atom stereocenters. The summed E-state index contributed by atoms with van der Waals surface area (Å²) < 4.78 is 17.7. The molecule has 232 valence electrons. The topological polar surface area (TPSA) is 115 Å². The third-order valence-corrected chi connectivity index (χ3v) is 8.43. The first-order valence-corrected chi connectivity index (χ1v) is 15.5. The summed E-state index contributed by atoms with van der Waals surface area (Å²) in [6.45, 7) is 8.13. The molecule has 2 heterocycles. The van der Waals surface area contributed by atoms with Gasteiger partial charge in [0.1, 0.15) is 18.1 Å². The van der Waals surface area contributed by atoms with E-state index in [4.69, 9.17) is 14.2 Å². The molecule has 5 rings (SSSR count). The number of thiazole rings is 1. The van der Waals surface area contributed by atoms with Crippen LogP contribution in [0.4, 0.5) is 5.13 Å². The first kappa shape index (κ1) is 31.5. The molecule has 1 amide bonds. The highest BCUT2D eigenvalue weighted by Crippen LogP contribution is 2.45. The van der Waals surface area contributed by atoms with Crippen molar-refractivity contribution in [1.82, 2.24) is 4.98 Å². The van der Waals surface area contributed by atoms with Gasteiger partial charge in [-0.05, 0) is 67.8 Å². The van der Waals surface area contributed by atoms with Gasteiger partial charge in [0.15, 0.2) is 22.4 Å². The Labute approximate surface area is 265 Å². The number of rotatable bonds is 12. The summed E-state index contributed by atoms with van der Waals surface area (Å²) in [4.78, 5) is 45.7. The number of aliphatic hydroxyl groups is 1. The number of Topliss-reactive ketones (excluding diaryl/α,β-unsaturated/α-hetero) is 2. The van der Waals surface area contributed by atoms with Gasteiger partial charge in [0.2, 0.25) is 0 Å². The molecule has 9 nitrogen and oxygen atoms in total. The fourth-order valence-corrected chi connectivity index (χ4v) is 6.05. The summed E-state index contributed by atoms with van der Waals surface area (Å²) in [6.07, 6.45) is 0.840. The van der Waals surface area contributed by atoms with E-state index in [1.807, 2.05) is 44.2 Å². The maximum atomic E-state index is 13.7. The van der Waals surface area contributed by atoms with Gasteiger partial charge in [0, 0.05) is 12.5 Å². The second-order valence-corrected chi connectivity index (χ2v) is 11.4. The lowest BCUT2D eigenvalue weighted by Crippen LogP contribution is -2.29. The van der Waals surface area contributed by atoms with Gasteiger partial charge in [-0.15, -0.1) is 0 Å². The fraction of sp³-hybridized carbons (Fsp3) is 0.257. The highest BCUT2D eigenvalue weighted by Gasteiger charge is 2.48. The number of aryl methyl sites for hydroxylation is 1. The van der Waals surface area contributed by atoms with Gasteiger partial charge in [-0.25, -0.2) is 4.98 Å². The number of nitrogens with zero attached hydrogens (tertiary/aromatic N) is 2. The maximum absolute atomic E-state index is 13.7. The van der Waals surface area contributed by atoms with Gasteiger partial charge < -0.3 is 19.3 Å². The van der Waals surface area contributed by atoms with Crippen molar-refractivity contribution < 1.29 is 33.7 Å². The van der Waals surface area contributed by atoms with Crippen LogP contribution in [-0.4, -0.2) is 40.8 Å². The van der Waals surface area contributed by atoms with Crippen molar-refractivity contribution in [3.8, 4) is 17.2 Å². The molecule has 1 aromatic heterocycles. The second-order valence-electron chi connectivity index (χ2n) is 10.4. The van der Waals surface area contributed by atoms with Crippen LogP contribution in [0.3, 0.4) is 0 Å².